The van der Waals surface area contributed by atoms with E-state index in [9.17, 15) is 20.1 Å². The first-order valence-corrected chi connectivity index (χ1v) is 9.20. The van der Waals surface area contributed by atoms with E-state index in [0.29, 0.717) is 19.3 Å². The van der Waals surface area contributed by atoms with Gasteiger partial charge in [-0.25, -0.2) is 0 Å². The van der Waals surface area contributed by atoms with Gasteiger partial charge in [-0.2, -0.15) is 0 Å². The Kier molecular flexibility index (Phi) is 8.95. The van der Waals surface area contributed by atoms with Gasteiger partial charge in [0.25, 0.3) is 0 Å². The van der Waals surface area contributed by atoms with Crippen LogP contribution in [0.25, 0.3) is 0 Å². The number of carbonyl (C=O) groups is 1. The molecule has 0 rings (SSSR count). The molecule has 0 fully saturated rings. The van der Waals surface area contributed by atoms with Crippen LogP contribution in [0.4, 0.5) is 0 Å². The number of carboxylic acids is 1. The quantitative estimate of drug-likeness (QED) is 0.551. The molecule has 0 aromatic carbocycles. The van der Waals surface area contributed by atoms with E-state index in [2.05, 4.69) is 41.5 Å². The predicted molar refractivity (Wildman–Crippen MR) is 98.9 cm³/mol. The van der Waals surface area contributed by atoms with Gasteiger partial charge in [-0.1, -0.05) is 41.5 Å². The van der Waals surface area contributed by atoms with Crippen LogP contribution < -0.4 is 0 Å². The zero-order valence-electron chi connectivity index (χ0n) is 16.9. The second kappa shape index (κ2) is 9.19. The zero-order valence-corrected chi connectivity index (χ0v) is 16.9. The Bertz CT molecular complexity index is 378. The normalized spacial score (nSPS) is 18.0. The van der Waals surface area contributed by atoms with Gasteiger partial charge in [0.2, 0.25) is 0 Å². The lowest BCUT2D eigenvalue weighted by Crippen LogP contribution is -2.40. The molecule has 0 aromatic heterocycles. The molecule has 4 heteroatoms. The van der Waals surface area contributed by atoms with E-state index in [4.69, 9.17) is 0 Å². The van der Waals surface area contributed by atoms with Crippen molar-refractivity contribution in [2.24, 2.45) is 28.1 Å². The van der Waals surface area contributed by atoms with Crippen LogP contribution in [0, 0.1) is 28.1 Å². The van der Waals surface area contributed by atoms with Crippen LogP contribution in [0.2, 0.25) is 0 Å². The number of aliphatic hydroxyl groups is 2. The Morgan fingerprint density at radius 1 is 0.792 bits per heavy atom. The van der Waals surface area contributed by atoms with Crippen molar-refractivity contribution in [2.75, 3.05) is 13.2 Å². The molecular weight excluding hydrogens is 304 g/mol. The number of carboxylic acid groups (broad SMARTS) is 1. The van der Waals surface area contributed by atoms with Crippen LogP contribution in [-0.4, -0.2) is 34.5 Å². The van der Waals surface area contributed by atoms with Gasteiger partial charge in [-0.05, 0) is 61.7 Å². The summed E-state index contributed by atoms with van der Waals surface area (Å²) < 4.78 is 0. The van der Waals surface area contributed by atoms with Gasteiger partial charge < -0.3 is 15.3 Å². The minimum atomic E-state index is -0.888. The first-order chi connectivity index (χ1) is 10.7. The molecule has 3 N–H and O–H groups in total. The van der Waals surface area contributed by atoms with Crippen molar-refractivity contribution in [2.45, 2.75) is 80.6 Å². The van der Waals surface area contributed by atoms with Gasteiger partial charge >= 0.3 is 5.97 Å². The molecule has 0 aliphatic rings. The lowest BCUT2D eigenvalue weighted by atomic mass is 9.63. The zero-order chi connectivity index (χ0) is 19.2. The maximum Gasteiger partial charge on any atom is 0.309 e. The van der Waals surface area contributed by atoms with E-state index in [1.807, 2.05) is 6.92 Å². The summed E-state index contributed by atoms with van der Waals surface area (Å²) >= 11 is 0. The summed E-state index contributed by atoms with van der Waals surface area (Å²) in [4.78, 5) is 12.2. The highest BCUT2D eigenvalue weighted by atomic mass is 16.4. The van der Waals surface area contributed by atoms with Gasteiger partial charge in [0.05, 0.1) is 5.41 Å². The molecule has 4 nitrogen and oxygen atoms in total. The number of hydrogen-bond acceptors (Lipinski definition) is 3. The third kappa shape index (κ3) is 8.48. The van der Waals surface area contributed by atoms with Crippen LogP contribution in [0.3, 0.4) is 0 Å². The fourth-order valence-electron chi connectivity index (χ4n) is 3.89. The van der Waals surface area contributed by atoms with E-state index >= 15 is 0 Å². The second-order valence-corrected chi connectivity index (χ2v) is 10.0. The minimum Gasteiger partial charge on any atom is -0.481 e. The summed E-state index contributed by atoms with van der Waals surface area (Å²) in [6.45, 7) is 14.7. The number of aliphatic carboxylic acids is 1. The highest BCUT2D eigenvalue weighted by Crippen LogP contribution is 2.45. The molecule has 0 radical (unpaired) electrons. The van der Waals surface area contributed by atoms with Crippen molar-refractivity contribution in [3.8, 4) is 0 Å². The molecule has 0 saturated carbocycles. The van der Waals surface area contributed by atoms with E-state index in [-0.39, 0.29) is 35.9 Å². The van der Waals surface area contributed by atoms with Gasteiger partial charge in [-0.3, -0.25) is 4.79 Å². The van der Waals surface area contributed by atoms with Crippen molar-refractivity contribution in [1.82, 2.24) is 0 Å². The average Bonchev–Trinajstić information content (AvgIpc) is 2.34. The minimum absolute atomic E-state index is 0.00699. The third-order valence-electron chi connectivity index (χ3n) is 4.88. The summed E-state index contributed by atoms with van der Waals surface area (Å²) in [7, 11) is 0. The second-order valence-electron chi connectivity index (χ2n) is 10.0. The highest BCUT2D eigenvalue weighted by Gasteiger charge is 2.44. The third-order valence-corrected chi connectivity index (χ3v) is 4.88. The number of rotatable bonds is 10. The van der Waals surface area contributed by atoms with Gasteiger partial charge in [0.1, 0.15) is 0 Å². The lowest BCUT2D eigenvalue weighted by Gasteiger charge is -2.40. The van der Waals surface area contributed by atoms with E-state index in [0.717, 1.165) is 12.8 Å². The molecule has 0 saturated heterocycles. The molecule has 3 atom stereocenters. The standard InChI is InChI=1S/C20H40O4/c1-18(2,3)12-15(8-10-21)13-20(7,17(23)24)16(9-11-22)14-19(4,5)6/h15-16,21-22H,8-14H2,1-7H3,(H,23,24). The van der Waals surface area contributed by atoms with Crippen LogP contribution in [0.5, 0.6) is 0 Å². The monoisotopic (exact) mass is 344 g/mol. The summed E-state index contributed by atoms with van der Waals surface area (Å²) in [5.41, 5.74) is -0.788. The van der Waals surface area contributed by atoms with Crippen LogP contribution in [0.15, 0.2) is 0 Å². The summed E-state index contributed by atoms with van der Waals surface area (Å²) in [5, 5.41) is 28.9. The molecule has 0 heterocycles. The van der Waals surface area contributed by atoms with Gasteiger partial charge in [-0.15, -0.1) is 0 Å². The Morgan fingerprint density at radius 2 is 1.25 bits per heavy atom. The number of aliphatic hydroxyl groups excluding tert-OH is 2. The maximum atomic E-state index is 12.2. The van der Waals surface area contributed by atoms with Crippen LogP contribution in [-0.2, 0) is 4.79 Å². The van der Waals surface area contributed by atoms with E-state index in [1.54, 1.807) is 0 Å². The Balaban J connectivity index is 5.53. The Morgan fingerprint density at radius 3 is 1.58 bits per heavy atom. The fraction of sp³-hybridized carbons (Fsp3) is 0.950. The molecular formula is C20H40O4. The molecule has 0 spiro atoms. The lowest BCUT2D eigenvalue weighted by molar-refractivity contribution is -0.154. The first-order valence-electron chi connectivity index (χ1n) is 9.20. The topological polar surface area (TPSA) is 77.8 Å². The van der Waals surface area contributed by atoms with E-state index < -0.39 is 11.4 Å². The van der Waals surface area contributed by atoms with E-state index in [1.165, 1.54) is 0 Å². The molecule has 24 heavy (non-hydrogen) atoms. The summed E-state index contributed by atoms with van der Waals surface area (Å²) in [5.74, 6) is -0.708. The van der Waals surface area contributed by atoms with Crippen molar-refractivity contribution >= 4 is 5.97 Å². The SMILES string of the molecule is CC(C)(C)CC(CCO)CC(C)(C(=O)O)C(CCO)CC(C)(C)C. The largest absolute Gasteiger partial charge is 0.481 e. The molecule has 0 aromatic rings. The van der Waals surface area contributed by atoms with Crippen molar-refractivity contribution in [3.05, 3.63) is 0 Å². The molecule has 0 aliphatic heterocycles. The smallest absolute Gasteiger partial charge is 0.309 e. The Hall–Kier alpha value is -0.610. The van der Waals surface area contributed by atoms with Crippen LogP contribution >= 0.6 is 0 Å². The molecule has 0 bridgehead atoms. The van der Waals surface area contributed by atoms with Crippen molar-refractivity contribution in [1.29, 1.82) is 0 Å². The average molecular weight is 345 g/mol. The Labute approximate surface area is 148 Å². The van der Waals surface area contributed by atoms with Crippen molar-refractivity contribution in [3.63, 3.8) is 0 Å². The van der Waals surface area contributed by atoms with Gasteiger partial charge in [0, 0.05) is 13.2 Å². The number of hydrogen-bond donors (Lipinski definition) is 3. The summed E-state index contributed by atoms with van der Waals surface area (Å²) in [6.07, 6.45) is 3.32. The molecule has 3 unspecified atom stereocenters. The maximum absolute atomic E-state index is 12.2. The van der Waals surface area contributed by atoms with Gasteiger partial charge in [0.15, 0.2) is 0 Å². The van der Waals surface area contributed by atoms with Crippen LogP contribution in [0.1, 0.15) is 80.6 Å². The highest BCUT2D eigenvalue weighted by molar-refractivity contribution is 5.74. The molecule has 0 amide bonds. The summed E-state index contributed by atoms with van der Waals surface area (Å²) in [6, 6.07) is 0. The molecule has 144 valence electrons. The predicted octanol–water partition coefficient (Wildman–Crippen LogP) is 4.34. The molecule has 0 aliphatic carbocycles. The van der Waals surface area contributed by atoms with Crippen molar-refractivity contribution < 1.29 is 20.1 Å². The first kappa shape index (κ1) is 23.4. The fourth-order valence-corrected chi connectivity index (χ4v) is 3.89.